The van der Waals surface area contributed by atoms with Crippen LogP contribution in [0.5, 0.6) is 0 Å². The van der Waals surface area contributed by atoms with E-state index in [4.69, 9.17) is 0 Å². The average molecular weight is 440 g/mol. The summed E-state index contributed by atoms with van der Waals surface area (Å²) in [4.78, 5) is 31.6. The molecule has 2 amide bonds. The predicted octanol–water partition coefficient (Wildman–Crippen LogP) is 5.46. The molecule has 1 fully saturated rings. The molecule has 0 unspecified atom stereocenters. The highest BCUT2D eigenvalue weighted by Gasteiger charge is 2.23. The Hall–Kier alpha value is -2.51. The van der Waals surface area contributed by atoms with Crippen LogP contribution in [0.25, 0.3) is 10.6 Å². The van der Waals surface area contributed by atoms with Crippen LogP contribution in [0.3, 0.4) is 0 Å². The first-order valence-corrected chi connectivity index (χ1v) is 12.1. The molecule has 0 atom stereocenters. The molecule has 0 saturated heterocycles. The number of benzene rings is 1. The maximum absolute atomic E-state index is 12.8. The molecule has 7 heteroatoms. The van der Waals surface area contributed by atoms with Gasteiger partial charge in [-0.3, -0.25) is 9.59 Å². The van der Waals surface area contributed by atoms with Crippen molar-refractivity contribution < 1.29 is 9.59 Å². The highest BCUT2D eigenvalue weighted by molar-refractivity contribution is 7.14. The van der Waals surface area contributed by atoms with Crippen LogP contribution >= 0.6 is 22.7 Å². The number of hydrogen-bond donors (Lipinski definition) is 1. The number of thiophene rings is 1. The van der Waals surface area contributed by atoms with E-state index in [0.29, 0.717) is 17.3 Å². The summed E-state index contributed by atoms with van der Waals surface area (Å²) in [5.74, 6) is -0.0706. The number of thiazole rings is 1. The van der Waals surface area contributed by atoms with Crippen LogP contribution in [0.15, 0.2) is 46.5 Å². The van der Waals surface area contributed by atoms with Crippen LogP contribution in [0.2, 0.25) is 0 Å². The molecule has 0 spiro atoms. The fourth-order valence-electron chi connectivity index (χ4n) is 3.81. The molecule has 2 heterocycles. The zero-order valence-corrected chi connectivity index (χ0v) is 18.6. The lowest BCUT2D eigenvalue weighted by Crippen LogP contribution is -2.38. The molecule has 1 aliphatic rings. The van der Waals surface area contributed by atoms with Crippen LogP contribution in [0.4, 0.5) is 5.69 Å². The fourth-order valence-corrected chi connectivity index (χ4v) is 5.34. The normalized spacial score (nSPS) is 14.4. The molecule has 1 saturated carbocycles. The van der Waals surface area contributed by atoms with E-state index in [9.17, 15) is 9.59 Å². The first kappa shape index (κ1) is 20.8. The Balaban J connectivity index is 1.33. The molecule has 5 nitrogen and oxygen atoms in total. The zero-order valence-electron chi connectivity index (χ0n) is 17.0. The van der Waals surface area contributed by atoms with Gasteiger partial charge in [0.25, 0.3) is 5.91 Å². The monoisotopic (exact) mass is 439 g/mol. The van der Waals surface area contributed by atoms with Crippen LogP contribution in [-0.2, 0) is 11.2 Å². The molecule has 1 aliphatic carbocycles. The number of carbonyl (C=O) groups excluding carboxylic acids is 2. The van der Waals surface area contributed by atoms with Crippen molar-refractivity contribution >= 4 is 40.2 Å². The minimum Gasteiger partial charge on any atom is -0.339 e. The Morgan fingerprint density at radius 1 is 1.10 bits per heavy atom. The maximum atomic E-state index is 12.8. The largest absolute Gasteiger partial charge is 0.339 e. The summed E-state index contributed by atoms with van der Waals surface area (Å²) in [5.41, 5.74) is 3.20. The summed E-state index contributed by atoms with van der Waals surface area (Å²) in [6, 6.07) is 9.52. The van der Waals surface area contributed by atoms with Crippen molar-refractivity contribution in [3.63, 3.8) is 0 Å². The Morgan fingerprint density at radius 2 is 1.87 bits per heavy atom. The van der Waals surface area contributed by atoms with Gasteiger partial charge in [0.15, 0.2) is 0 Å². The number of aromatic nitrogens is 1. The highest BCUT2D eigenvalue weighted by Crippen LogP contribution is 2.26. The van der Waals surface area contributed by atoms with Gasteiger partial charge in [0.2, 0.25) is 5.91 Å². The second kappa shape index (κ2) is 9.53. The second-order valence-corrected chi connectivity index (χ2v) is 9.30. The summed E-state index contributed by atoms with van der Waals surface area (Å²) < 4.78 is 0. The number of carbonyl (C=O) groups is 2. The van der Waals surface area contributed by atoms with Crippen LogP contribution < -0.4 is 5.32 Å². The zero-order chi connectivity index (χ0) is 20.9. The van der Waals surface area contributed by atoms with Crippen molar-refractivity contribution in [1.82, 2.24) is 9.88 Å². The average Bonchev–Trinajstić information content (AvgIpc) is 3.46. The van der Waals surface area contributed by atoms with Crippen molar-refractivity contribution in [3.05, 3.63) is 57.7 Å². The summed E-state index contributed by atoms with van der Waals surface area (Å²) in [6.07, 6.45) is 6.05. The molecule has 2 aromatic heterocycles. The Morgan fingerprint density at radius 3 is 2.57 bits per heavy atom. The number of nitrogens with one attached hydrogen (secondary N) is 1. The van der Waals surface area contributed by atoms with Crippen LogP contribution in [0, 0.1) is 0 Å². The summed E-state index contributed by atoms with van der Waals surface area (Å²) >= 11 is 3.18. The quantitative estimate of drug-likeness (QED) is 0.555. The molecular weight excluding hydrogens is 414 g/mol. The molecule has 0 bridgehead atoms. The Labute approximate surface area is 184 Å². The lowest BCUT2D eigenvalue weighted by molar-refractivity contribution is -0.115. The van der Waals surface area contributed by atoms with E-state index >= 15 is 0 Å². The van der Waals surface area contributed by atoms with Gasteiger partial charge in [0, 0.05) is 40.7 Å². The topological polar surface area (TPSA) is 62.3 Å². The van der Waals surface area contributed by atoms with Crippen molar-refractivity contribution in [2.24, 2.45) is 0 Å². The SMILES string of the molecule is CN(C(=O)c1ccc(NC(=O)Cc2csc(-c3ccsc3)n2)cc1)C1CCCCC1. The van der Waals surface area contributed by atoms with Gasteiger partial charge in [-0.1, -0.05) is 19.3 Å². The van der Waals surface area contributed by atoms with Crippen LogP contribution in [0.1, 0.15) is 48.2 Å². The van der Waals surface area contributed by atoms with Gasteiger partial charge >= 0.3 is 0 Å². The van der Waals surface area contributed by atoms with Gasteiger partial charge in [-0.25, -0.2) is 4.98 Å². The van der Waals surface area contributed by atoms with Crippen molar-refractivity contribution in [1.29, 1.82) is 0 Å². The smallest absolute Gasteiger partial charge is 0.253 e. The number of amides is 2. The van der Waals surface area contributed by atoms with E-state index in [0.717, 1.165) is 29.1 Å². The minimum atomic E-state index is -0.115. The Bertz CT molecular complexity index is 990. The summed E-state index contributed by atoms with van der Waals surface area (Å²) in [5, 5.41) is 9.83. The van der Waals surface area contributed by atoms with Crippen molar-refractivity contribution in [2.45, 2.75) is 44.6 Å². The minimum absolute atomic E-state index is 0.0446. The molecule has 1 aromatic carbocycles. The van der Waals surface area contributed by atoms with E-state index in [1.165, 1.54) is 19.3 Å². The molecule has 4 rings (SSSR count). The summed E-state index contributed by atoms with van der Waals surface area (Å²) in [7, 11) is 1.90. The molecule has 3 aromatic rings. The number of nitrogens with zero attached hydrogens (tertiary/aromatic N) is 2. The lowest BCUT2D eigenvalue weighted by atomic mass is 9.94. The molecule has 0 aliphatic heterocycles. The predicted molar refractivity (Wildman–Crippen MR) is 123 cm³/mol. The van der Waals surface area contributed by atoms with E-state index in [1.54, 1.807) is 46.9 Å². The first-order chi connectivity index (χ1) is 14.6. The highest BCUT2D eigenvalue weighted by atomic mass is 32.1. The number of rotatable bonds is 6. The first-order valence-electron chi connectivity index (χ1n) is 10.2. The van der Waals surface area contributed by atoms with Gasteiger partial charge in [0.1, 0.15) is 5.01 Å². The van der Waals surface area contributed by atoms with Gasteiger partial charge in [-0.15, -0.1) is 11.3 Å². The molecule has 156 valence electrons. The van der Waals surface area contributed by atoms with Gasteiger partial charge < -0.3 is 10.2 Å². The number of anilines is 1. The van der Waals surface area contributed by atoms with Crippen LogP contribution in [-0.4, -0.2) is 34.8 Å². The third-order valence-corrected chi connectivity index (χ3v) is 7.14. The molecule has 1 N–H and O–H groups in total. The second-order valence-electron chi connectivity index (χ2n) is 7.67. The summed E-state index contributed by atoms with van der Waals surface area (Å²) in [6.45, 7) is 0. The molecule has 30 heavy (non-hydrogen) atoms. The fraction of sp³-hybridized carbons (Fsp3) is 0.348. The molecule has 0 radical (unpaired) electrons. The van der Waals surface area contributed by atoms with Gasteiger partial charge in [-0.05, 0) is 48.6 Å². The van der Waals surface area contributed by atoms with Gasteiger partial charge in [0.05, 0.1) is 12.1 Å². The number of hydrogen-bond acceptors (Lipinski definition) is 5. The lowest BCUT2D eigenvalue weighted by Gasteiger charge is -2.31. The van der Waals surface area contributed by atoms with E-state index in [2.05, 4.69) is 15.7 Å². The third-order valence-electron chi connectivity index (χ3n) is 5.52. The maximum Gasteiger partial charge on any atom is 0.253 e. The van der Waals surface area contributed by atoms with E-state index < -0.39 is 0 Å². The van der Waals surface area contributed by atoms with E-state index in [1.807, 2.05) is 28.8 Å². The Kier molecular flexibility index (Phi) is 6.59. The van der Waals surface area contributed by atoms with Crippen molar-refractivity contribution in [2.75, 3.05) is 12.4 Å². The van der Waals surface area contributed by atoms with Crippen molar-refractivity contribution in [3.8, 4) is 10.6 Å². The standard InChI is InChI=1S/C23H25N3O2S2/c1-26(20-5-3-2-4-6-20)23(28)16-7-9-18(10-8-16)24-21(27)13-19-15-30-22(25-19)17-11-12-29-14-17/h7-12,14-15,20H,2-6,13H2,1H3,(H,24,27). The molecular formula is C23H25N3O2S2. The van der Waals surface area contributed by atoms with E-state index in [-0.39, 0.29) is 18.2 Å². The van der Waals surface area contributed by atoms with Gasteiger partial charge in [-0.2, -0.15) is 11.3 Å². The third kappa shape index (κ3) is 4.96.